The summed E-state index contributed by atoms with van der Waals surface area (Å²) in [5.41, 5.74) is 0.888. The van der Waals surface area contributed by atoms with Gasteiger partial charge < -0.3 is 10.2 Å². The molecule has 2 aliphatic rings. The van der Waals surface area contributed by atoms with Gasteiger partial charge in [-0.2, -0.15) is 4.31 Å². The molecule has 0 aliphatic carbocycles. The van der Waals surface area contributed by atoms with Crippen LogP contribution in [0.5, 0.6) is 0 Å². The summed E-state index contributed by atoms with van der Waals surface area (Å²) in [6, 6.07) is 8.61. The van der Waals surface area contributed by atoms with E-state index in [1.807, 2.05) is 0 Å². The van der Waals surface area contributed by atoms with Gasteiger partial charge in [-0.1, -0.05) is 12.1 Å². The highest BCUT2D eigenvalue weighted by Gasteiger charge is 2.27. The van der Waals surface area contributed by atoms with Crippen molar-refractivity contribution >= 4 is 21.9 Å². The van der Waals surface area contributed by atoms with E-state index in [1.54, 1.807) is 42.7 Å². The summed E-state index contributed by atoms with van der Waals surface area (Å²) in [4.78, 5) is 23.5. The average Bonchev–Trinajstić information content (AvgIpc) is 3.34. The molecule has 1 aromatic heterocycles. The summed E-state index contributed by atoms with van der Waals surface area (Å²) >= 11 is 0. The fourth-order valence-corrected chi connectivity index (χ4v) is 5.50. The number of piperidine rings is 1. The molecule has 0 atom stereocenters. The first kappa shape index (κ1) is 20.7. The first-order valence-corrected chi connectivity index (χ1v) is 11.9. The smallest absolute Gasteiger partial charge is 0.243 e. The summed E-state index contributed by atoms with van der Waals surface area (Å²) in [6.07, 6.45) is 6.81. The minimum Gasteiger partial charge on any atom is -0.352 e. The number of carbonyl (C=O) groups excluding carboxylic acids is 1. The fourth-order valence-electron chi connectivity index (χ4n) is 3.99. The van der Waals surface area contributed by atoms with E-state index in [0.29, 0.717) is 30.5 Å². The van der Waals surface area contributed by atoms with E-state index in [9.17, 15) is 13.2 Å². The van der Waals surface area contributed by atoms with Crippen molar-refractivity contribution in [2.75, 3.05) is 31.1 Å². The van der Waals surface area contributed by atoms with Crippen LogP contribution in [0.4, 0.5) is 5.95 Å². The molecule has 2 saturated heterocycles. The highest BCUT2D eigenvalue weighted by Crippen LogP contribution is 2.22. The van der Waals surface area contributed by atoms with Crippen LogP contribution in [0.1, 0.15) is 31.2 Å². The molecular formula is C21H27N5O3S. The van der Waals surface area contributed by atoms with E-state index in [4.69, 9.17) is 0 Å². The summed E-state index contributed by atoms with van der Waals surface area (Å²) in [7, 11) is -3.40. The summed E-state index contributed by atoms with van der Waals surface area (Å²) < 4.78 is 26.7. The Bertz CT molecular complexity index is 952. The zero-order valence-corrected chi connectivity index (χ0v) is 17.7. The number of hydrogen-bond acceptors (Lipinski definition) is 6. The molecule has 160 valence electrons. The van der Waals surface area contributed by atoms with Gasteiger partial charge in [0.1, 0.15) is 0 Å². The molecule has 9 heteroatoms. The van der Waals surface area contributed by atoms with Crippen LogP contribution < -0.4 is 10.2 Å². The Kier molecular flexibility index (Phi) is 6.29. The number of rotatable bonds is 6. The van der Waals surface area contributed by atoms with Gasteiger partial charge in [0.2, 0.25) is 21.9 Å². The number of nitrogens with one attached hydrogen (secondary N) is 1. The molecule has 0 unspecified atom stereocenters. The van der Waals surface area contributed by atoms with E-state index < -0.39 is 10.0 Å². The van der Waals surface area contributed by atoms with Crippen molar-refractivity contribution in [3.05, 3.63) is 48.3 Å². The van der Waals surface area contributed by atoms with Crippen molar-refractivity contribution in [2.24, 2.45) is 5.92 Å². The van der Waals surface area contributed by atoms with Crippen LogP contribution in [-0.2, 0) is 21.4 Å². The van der Waals surface area contributed by atoms with Gasteiger partial charge in [-0.25, -0.2) is 18.4 Å². The van der Waals surface area contributed by atoms with E-state index in [-0.39, 0.29) is 11.8 Å². The Labute approximate surface area is 177 Å². The topological polar surface area (TPSA) is 95.5 Å². The Morgan fingerprint density at radius 1 is 1.00 bits per heavy atom. The normalized spacial score (nSPS) is 18.5. The second-order valence-corrected chi connectivity index (χ2v) is 9.72. The van der Waals surface area contributed by atoms with Gasteiger partial charge in [0.05, 0.1) is 4.90 Å². The van der Waals surface area contributed by atoms with E-state index >= 15 is 0 Å². The number of amides is 1. The maximum atomic E-state index is 12.6. The molecule has 0 bridgehead atoms. The standard InChI is InChI=1S/C21H27N5O3S/c27-20(18-8-14-25(15-9-18)21-22-10-3-11-23-21)24-16-17-4-6-19(7-5-17)30(28,29)26-12-1-2-13-26/h3-7,10-11,18H,1-2,8-9,12-16H2,(H,24,27). The van der Waals surface area contributed by atoms with Gasteiger partial charge in [-0.15, -0.1) is 0 Å². The minimum absolute atomic E-state index is 0.0280. The Morgan fingerprint density at radius 3 is 2.27 bits per heavy atom. The van der Waals surface area contributed by atoms with Gasteiger partial charge in [-0.05, 0) is 49.4 Å². The molecule has 30 heavy (non-hydrogen) atoms. The number of sulfonamides is 1. The van der Waals surface area contributed by atoms with Gasteiger partial charge in [0, 0.05) is 51.0 Å². The van der Waals surface area contributed by atoms with E-state index in [2.05, 4.69) is 20.2 Å². The van der Waals surface area contributed by atoms with Gasteiger partial charge >= 0.3 is 0 Å². The number of hydrogen-bond donors (Lipinski definition) is 1. The number of carbonyl (C=O) groups is 1. The van der Waals surface area contributed by atoms with Crippen molar-refractivity contribution in [1.82, 2.24) is 19.6 Å². The molecule has 1 N–H and O–H groups in total. The summed E-state index contributed by atoms with van der Waals surface area (Å²) in [6.45, 7) is 3.09. The monoisotopic (exact) mass is 429 g/mol. The average molecular weight is 430 g/mol. The SMILES string of the molecule is O=C(NCc1ccc(S(=O)(=O)N2CCCC2)cc1)C1CCN(c2ncccn2)CC1. The summed E-state index contributed by atoms with van der Waals surface area (Å²) in [5.74, 6) is 0.720. The van der Waals surface area contributed by atoms with Crippen molar-refractivity contribution in [1.29, 1.82) is 0 Å². The third-order valence-corrected chi connectivity index (χ3v) is 7.71. The Morgan fingerprint density at radius 2 is 1.63 bits per heavy atom. The van der Waals surface area contributed by atoms with Crippen LogP contribution in [-0.4, -0.2) is 54.8 Å². The third-order valence-electron chi connectivity index (χ3n) is 5.79. The summed E-state index contributed by atoms with van der Waals surface area (Å²) in [5, 5.41) is 2.99. The maximum Gasteiger partial charge on any atom is 0.243 e. The Hall–Kier alpha value is -2.52. The molecule has 1 aromatic carbocycles. The molecule has 1 amide bonds. The van der Waals surface area contributed by atoms with Crippen molar-refractivity contribution in [3.63, 3.8) is 0 Å². The molecule has 2 aliphatic heterocycles. The van der Waals surface area contributed by atoms with Crippen LogP contribution in [0.3, 0.4) is 0 Å². The second-order valence-electron chi connectivity index (χ2n) is 7.78. The van der Waals surface area contributed by atoms with Crippen LogP contribution in [0.2, 0.25) is 0 Å². The van der Waals surface area contributed by atoms with Crippen molar-refractivity contribution in [3.8, 4) is 0 Å². The van der Waals surface area contributed by atoms with Crippen LogP contribution in [0.25, 0.3) is 0 Å². The highest BCUT2D eigenvalue weighted by atomic mass is 32.2. The van der Waals surface area contributed by atoms with Crippen LogP contribution >= 0.6 is 0 Å². The quantitative estimate of drug-likeness (QED) is 0.752. The zero-order valence-electron chi connectivity index (χ0n) is 16.9. The molecule has 8 nitrogen and oxygen atoms in total. The van der Waals surface area contributed by atoms with Crippen LogP contribution in [0, 0.1) is 5.92 Å². The molecule has 0 saturated carbocycles. The largest absolute Gasteiger partial charge is 0.352 e. The van der Waals surface area contributed by atoms with Gasteiger partial charge in [-0.3, -0.25) is 4.79 Å². The molecular weight excluding hydrogens is 402 g/mol. The van der Waals surface area contributed by atoms with Crippen molar-refractivity contribution < 1.29 is 13.2 Å². The van der Waals surface area contributed by atoms with E-state index in [1.165, 1.54) is 4.31 Å². The van der Waals surface area contributed by atoms with Crippen LogP contribution in [0.15, 0.2) is 47.6 Å². The lowest BCUT2D eigenvalue weighted by Crippen LogP contribution is -2.41. The highest BCUT2D eigenvalue weighted by molar-refractivity contribution is 7.89. The lowest BCUT2D eigenvalue weighted by Gasteiger charge is -2.31. The van der Waals surface area contributed by atoms with Gasteiger partial charge in [0.15, 0.2) is 0 Å². The number of nitrogens with zero attached hydrogens (tertiary/aromatic N) is 4. The molecule has 3 heterocycles. The molecule has 2 fully saturated rings. The number of aromatic nitrogens is 2. The first-order valence-electron chi connectivity index (χ1n) is 10.4. The molecule has 4 rings (SSSR count). The lowest BCUT2D eigenvalue weighted by atomic mass is 9.96. The number of benzene rings is 1. The zero-order chi connectivity index (χ0) is 21.0. The fraction of sp³-hybridized carbons (Fsp3) is 0.476. The predicted molar refractivity (Wildman–Crippen MR) is 113 cm³/mol. The lowest BCUT2D eigenvalue weighted by molar-refractivity contribution is -0.125. The van der Waals surface area contributed by atoms with Gasteiger partial charge in [0.25, 0.3) is 0 Å². The van der Waals surface area contributed by atoms with E-state index in [0.717, 1.165) is 44.3 Å². The first-order chi connectivity index (χ1) is 14.5. The molecule has 2 aromatic rings. The minimum atomic E-state index is -3.40. The molecule has 0 radical (unpaired) electrons. The third kappa shape index (κ3) is 4.62. The predicted octanol–water partition coefficient (Wildman–Crippen LogP) is 1.79. The number of anilines is 1. The maximum absolute atomic E-state index is 12.6. The van der Waals surface area contributed by atoms with Crippen molar-refractivity contribution in [2.45, 2.75) is 37.1 Å². The Balaban J connectivity index is 1.27. The second kappa shape index (κ2) is 9.09. The molecule has 0 spiro atoms.